The summed E-state index contributed by atoms with van der Waals surface area (Å²) in [7, 11) is -0.405. The van der Waals surface area contributed by atoms with Crippen molar-refractivity contribution in [2.75, 3.05) is 0 Å². The summed E-state index contributed by atoms with van der Waals surface area (Å²) < 4.78 is 0. The Morgan fingerprint density at radius 3 is 2.54 bits per heavy atom. The predicted octanol–water partition coefficient (Wildman–Crippen LogP) is 3.18. The third-order valence-electron chi connectivity index (χ3n) is 2.47. The second-order valence-corrected chi connectivity index (χ2v) is 5.63. The molecule has 1 aliphatic heterocycles. The molecule has 1 heterocycles. The minimum absolute atomic E-state index is 0.405. The Morgan fingerprint density at radius 1 is 1.31 bits per heavy atom. The van der Waals surface area contributed by atoms with Crippen LogP contribution in [0.3, 0.4) is 0 Å². The number of nitrogens with two attached hydrogens (primary N) is 1. The van der Waals surface area contributed by atoms with E-state index < -0.39 is 8.07 Å². The Balaban J connectivity index is 2.29. The summed E-state index contributed by atoms with van der Waals surface area (Å²) in [5.74, 6) is 0. The van der Waals surface area contributed by atoms with Crippen LogP contribution < -0.4 is 5.50 Å². The summed E-state index contributed by atoms with van der Waals surface area (Å²) in [6.45, 7) is 2.23. The van der Waals surface area contributed by atoms with Crippen LogP contribution in [0, 0.1) is 0 Å². The molecule has 2 unspecified atom stereocenters. The molecule has 68 valence electrons. The van der Waals surface area contributed by atoms with Gasteiger partial charge in [-0.15, -0.1) is 0 Å². The Morgan fingerprint density at radius 2 is 2.00 bits per heavy atom. The van der Waals surface area contributed by atoms with E-state index in [2.05, 4.69) is 37.3 Å². The smallest absolute Gasteiger partial charge is 0.00325 e. The fourth-order valence-corrected chi connectivity index (χ4v) is 3.19. The van der Waals surface area contributed by atoms with E-state index >= 15 is 0 Å². The van der Waals surface area contributed by atoms with E-state index in [1.807, 2.05) is 6.07 Å². The zero-order valence-electron chi connectivity index (χ0n) is 7.77. The van der Waals surface area contributed by atoms with E-state index in [9.17, 15) is 0 Å². The lowest BCUT2D eigenvalue weighted by atomic mass is 10.2. The van der Waals surface area contributed by atoms with Crippen molar-refractivity contribution in [2.45, 2.75) is 19.0 Å². The van der Waals surface area contributed by atoms with E-state index in [0.29, 0.717) is 5.66 Å². The van der Waals surface area contributed by atoms with Gasteiger partial charge in [0.15, 0.2) is 0 Å². The molecular weight excluding hydrogens is 177 g/mol. The largest absolute Gasteiger partial charge is 0.306 e. The summed E-state index contributed by atoms with van der Waals surface area (Å²) in [5, 5.41) is 1.38. The number of allylic oxidation sites excluding steroid dienone is 1. The lowest BCUT2D eigenvalue weighted by Crippen LogP contribution is -1.99. The van der Waals surface area contributed by atoms with Crippen LogP contribution in [0.25, 0.3) is 5.31 Å². The highest BCUT2D eigenvalue weighted by Gasteiger charge is 2.22. The lowest BCUT2D eigenvalue weighted by Gasteiger charge is -2.14. The quantitative estimate of drug-likeness (QED) is 0.678. The first-order valence-corrected chi connectivity index (χ1v) is 6.06. The minimum atomic E-state index is -0.405. The van der Waals surface area contributed by atoms with Gasteiger partial charge in [0.1, 0.15) is 0 Å². The van der Waals surface area contributed by atoms with Crippen molar-refractivity contribution in [3.63, 3.8) is 0 Å². The van der Waals surface area contributed by atoms with Gasteiger partial charge in [0, 0.05) is 0 Å². The van der Waals surface area contributed by atoms with Gasteiger partial charge in [0.2, 0.25) is 0 Å². The molecule has 1 nitrogen and oxygen atoms in total. The minimum Gasteiger partial charge on any atom is -0.306 e. The first kappa shape index (κ1) is 8.93. The topological polar surface area (TPSA) is 26.0 Å². The van der Waals surface area contributed by atoms with Gasteiger partial charge >= 0.3 is 0 Å². The van der Waals surface area contributed by atoms with Crippen molar-refractivity contribution >= 4 is 13.4 Å². The fourth-order valence-electron chi connectivity index (χ4n) is 1.61. The molecule has 0 bridgehead atoms. The van der Waals surface area contributed by atoms with Gasteiger partial charge in [-0.2, -0.15) is 0 Å². The van der Waals surface area contributed by atoms with Gasteiger partial charge in [0.05, 0.1) is 0 Å². The first-order valence-electron chi connectivity index (χ1n) is 4.58. The molecule has 2 atom stereocenters. The van der Waals surface area contributed by atoms with E-state index in [4.69, 9.17) is 5.50 Å². The molecule has 1 aliphatic rings. The third kappa shape index (κ3) is 1.67. The van der Waals surface area contributed by atoms with Gasteiger partial charge in [-0.3, -0.25) is 0 Å². The van der Waals surface area contributed by atoms with E-state index in [-0.39, 0.29) is 0 Å². The number of rotatable bonds is 1. The van der Waals surface area contributed by atoms with Gasteiger partial charge in [-0.05, 0) is 31.0 Å². The van der Waals surface area contributed by atoms with Crippen LogP contribution in [-0.4, -0.2) is 5.66 Å². The predicted molar refractivity (Wildman–Crippen MR) is 59.6 cm³/mol. The molecule has 2 N–H and O–H groups in total. The molecule has 0 aromatic heterocycles. The molecular formula is C11H14NP. The van der Waals surface area contributed by atoms with Crippen molar-refractivity contribution in [2.24, 2.45) is 5.50 Å². The van der Waals surface area contributed by atoms with Gasteiger partial charge in [-0.1, -0.05) is 43.3 Å². The van der Waals surface area contributed by atoms with Crippen LogP contribution in [0.4, 0.5) is 0 Å². The van der Waals surface area contributed by atoms with E-state index in [1.165, 1.54) is 10.9 Å². The molecule has 1 aromatic rings. The SMILES string of the molecule is CC1CC=C(c2ccccc2)P1N. The van der Waals surface area contributed by atoms with E-state index in [0.717, 1.165) is 6.42 Å². The highest BCUT2D eigenvalue weighted by Crippen LogP contribution is 2.53. The maximum Gasteiger partial charge on any atom is -0.00325 e. The molecule has 13 heavy (non-hydrogen) atoms. The summed E-state index contributed by atoms with van der Waals surface area (Å²) in [5.41, 5.74) is 8.11. The van der Waals surface area contributed by atoms with Crippen LogP contribution in [-0.2, 0) is 0 Å². The van der Waals surface area contributed by atoms with Crippen LogP contribution in [0.15, 0.2) is 36.4 Å². The number of benzene rings is 1. The molecule has 2 rings (SSSR count). The Kier molecular flexibility index (Phi) is 2.48. The summed E-state index contributed by atoms with van der Waals surface area (Å²) in [6.07, 6.45) is 3.44. The van der Waals surface area contributed by atoms with Gasteiger partial charge in [0.25, 0.3) is 0 Å². The second-order valence-electron chi connectivity index (χ2n) is 3.45. The van der Waals surface area contributed by atoms with Crippen LogP contribution in [0.1, 0.15) is 18.9 Å². The molecule has 0 saturated carbocycles. The second kappa shape index (κ2) is 3.61. The molecule has 0 amide bonds. The highest BCUT2D eigenvalue weighted by molar-refractivity contribution is 7.67. The van der Waals surface area contributed by atoms with Crippen LogP contribution in [0.5, 0.6) is 0 Å². The maximum atomic E-state index is 6.15. The van der Waals surface area contributed by atoms with Crippen molar-refractivity contribution in [3.8, 4) is 0 Å². The summed E-state index contributed by atoms with van der Waals surface area (Å²) in [6, 6.07) is 10.5. The molecule has 2 heteroatoms. The Hall–Kier alpha value is -0.650. The maximum absolute atomic E-state index is 6.15. The standard InChI is InChI=1S/C11H14NP/c1-9-7-8-11(13(9)12)10-5-3-2-4-6-10/h2-6,8-9H,7,12H2,1H3. The highest BCUT2D eigenvalue weighted by atomic mass is 31.1. The van der Waals surface area contributed by atoms with Crippen molar-refractivity contribution < 1.29 is 0 Å². The van der Waals surface area contributed by atoms with Crippen molar-refractivity contribution in [1.82, 2.24) is 0 Å². The van der Waals surface area contributed by atoms with Gasteiger partial charge < -0.3 is 5.50 Å². The van der Waals surface area contributed by atoms with Crippen LogP contribution in [0.2, 0.25) is 0 Å². The van der Waals surface area contributed by atoms with Gasteiger partial charge in [-0.25, -0.2) is 0 Å². The number of hydrogen-bond donors (Lipinski definition) is 1. The molecule has 0 radical (unpaired) electrons. The lowest BCUT2D eigenvalue weighted by molar-refractivity contribution is 0.986. The normalized spacial score (nSPS) is 27.4. The number of hydrogen-bond acceptors (Lipinski definition) is 1. The monoisotopic (exact) mass is 191 g/mol. The molecule has 0 saturated heterocycles. The molecule has 1 aromatic carbocycles. The molecule has 0 fully saturated rings. The third-order valence-corrected chi connectivity index (χ3v) is 4.63. The Labute approximate surface area is 80.5 Å². The summed E-state index contributed by atoms with van der Waals surface area (Å²) >= 11 is 0. The average Bonchev–Trinajstić information content (AvgIpc) is 2.49. The van der Waals surface area contributed by atoms with E-state index in [1.54, 1.807) is 0 Å². The van der Waals surface area contributed by atoms with Crippen molar-refractivity contribution in [1.29, 1.82) is 0 Å². The van der Waals surface area contributed by atoms with Crippen LogP contribution >= 0.6 is 8.07 Å². The van der Waals surface area contributed by atoms with Crippen molar-refractivity contribution in [3.05, 3.63) is 42.0 Å². The average molecular weight is 191 g/mol. The zero-order valence-corrected chi connectivity index (χ0v) is 8.67. The Bertz CT molecular complexity index is 318. The molecule has 0 aliphatic carbocycles. The summed E-state index contributed by atoms with van der Waals surface area (Å²) in [4.78, 5) is 0. The zero-order chi connectivity index (χ0) is 9.26. The first-order chi connectivity index (χ1) is 6.29. The molecule has 0 spiro atoms. The fraction of sp³-hybridized carbons (Fsp3) is 0.273.